The van der Waals surface area contributed by atoms with Crippen LogP contribution in [0.3, 0.4) is 0 Å². The lowest BCUT2D eigenvalue weighted by Gasteiger charge is -2.30. The van der Waals surface area contributed by atoms with Crippen molar-refractivity contribution < 1.29 is 60.7 Å². The Morgan fingerprint density at radius 1 is 0.684 bits per heavy atom. The van der Waals surface area contributed by atoms with Crippen molar-refractivity contribution in [2.75, 3.05) is 46.1 Å². The van der Waals surface area contributed by atoms with Gasteiger partial charge in [0.1, 0.15) is 47.6 Å². The van der Waals surface area contributed by atoms with Gasteiger partial charge in [-0.3, -0.25) is 33.1 Å². The molecule has 19 heteroatoms. The zero-order valence-electron chi connectivity index (χ0n) is 44.7. The number of Topliss-reactive ketones (excluding diaryl/α,β-unsaturated/α-hetero) is 1. The van der Waals surface area contributed by atoms with Crippen molar-refractivity contribution in [3.8, 4) is 5.75 Å². The quantitative estimate of drug-likeness (QED) is 0.0366. The van der Waals surface area contributed by atoms with Gasteiger partial charge in [0, 0.05) is 19.5 Å². The Labute approximate surface area is 447 Å². The van der Waals surface area contributed by atoms with Gasteiger partial charge in [-0.05, 0) is 98.2 Å². The van der Waals surface area contributed by atoms with Gasteiger partial charge in [-0.1, -0.05) is 119 Å². The number of nitrogens with zero attached hydrogens (tertiary/aromatic N) is 1. The summed E-state index contributed by atoms with van der Waals surface area (Å²) >= 11 is 0. The van der Waals surface area contributed by atoms with Crippen LogP contribution in [0, 0.1) is 25.7 Å². The average Bonchev–Trinajstić information content (AvgIpc) is 3.38. The van der Waals surface area contributed by atoms with Gasteiger partial charge in [-0.25, -0.2) is 4.79 Å². The number of nitrogens with one attached hydrogen (secondary N) is 4. The number of morpholine rings is 1. The number of carbonyl (C=O) groups is 6. The summed E-state index contributed by atoms with van der Waals surface area (Å²) in [6.07, 6.45) is 0.869. The summed E-state index contributed by atoms with van der Waals surface area (Å²) in [6, 6.07) is 25.5. The fourth-order valence-corrected chi connectivity index (χ4v) is 10.1. The number of carbonyl (C=O) groups excluding carboxylic acids is 6. The van der Waals surface area contributed by atoms with Gasteiger partial charge in [-0.2, -0.15) is 8.42 Å². The van der Waals surface area contributed by atoms with E-state index in [1.807, 2.05) is 79.4 Å². The molecule has 4 amide bonds. The first-order valence-electron chi connectivity index (χ1n) is 25.8. The van der Waals surface area contributed by atoms with Crippen LogP contribution in [0.2, 0.25) is 0 Å². The predicted molar refractivity (Wildman–Crippen MR) is 285 cm³/mol. The van der Waals surface area contributed by atoms with Crippen LogP contribution in [0.5, 0.6) is 5.75 Å². The van der Waals surface area contributed by atoms with Crippen molar-refractivity contribution >= 4 is 45.5 Å². The Kier molecular flexibility index (Phi) is 23.1. The van der Waals surface area contributed by atoms with Gasteiger partial charge in [0.05, 0.1) is 25.8 Å². The van der Waals surface area contributed by atoms with Crippen molar-refractivity contribution in [1.29, 1.82) is 0 Å². The molecule has 0 radical (unpaired) electrons. The fourth-order valence-electron chi connectivity index (χ4n) is 8.72. The smallest absolute Gasteiger partial charge is 0.344 e. The molecule has 0 saturated carbocycles. The Morgan fingerprint density at radius 3 is 1.76 bits per heavy atom. The molecule has 4 aromatic rings. The minimum Gasteiger partial charge on any atom is -0.482 e. The molecule has 0 unspecified atom stereocenters. The van der Waals surface area contributed by atoms with E-state index >= 15 is 0 Å². The highest BCUT2D eigenvalue weighted by atomic mass is 32.2. The maximum Gasteiger partial charge on any atom is 0.344 e. The molecule has 0 bridgehead atoms. The van der Waals surface area contributed by atoms with Gasteiger partial charge in [0.25, 0.3) is 10.1 Å². The summed E-state index contributed by atoms with van der Waals surface area (Å²) in [5.74, 6) is -4.07. The van der Waals surface area contributed by atoms with E-state index in [9.17, 15) is 42.3 Å². The van der Waals surface area contributed by atoms with Crippen molar-refractivity contribution in [2.24, 2.45) is 11.8 Å². The number of aryl methyl sites for hydroxylation is 3. The van der Waals surface area contributed by atoms with Crippen LogP contribution in [0.15, 0.2) is 108 Å². The van der Waals surface area contributed by atoms with E-state index < -0.39 is 82.6 Å². The molecule has 1 saturated heterocycles. The number of hydrogen-bond acceptors (Lipinski definition) is 14. The first kappa shape index (κ1) is 60.4. The highest BCUT2D eigenvalue weighted by Gasteiger charge is 2.41. The van der Waals surface area contributed by atoms with E-state index in [1.54, 1.807) is 44.2 Å². The number of ketones is 1. The number of hydrogen-bond donors (Lipinski definition) is 5. The number of ether oxygens (including phenoxy) is 3. The maximum absolute atomic E-state index is 14.5. The van der Waals surface area contributed by atoms with Crippen LogP contribution in [0.25, 0.3) is 0 Å². The molecule has 0 aliphatic carbocycles. The third-order valence-corrected chi connectivity index (χ3v) is 14.2. The van der Waals surface area contributed by atoms with E-state index in [0.29, 0.717) is 38.3 Å². The van der Waals surface area contributed by atoms with Gasteiger partial charge in [-0.15, -0.1) is 0 Å². The molecule has 5 N–H and O–H groups in total. The Balaban J connectivity index is 1.29. The highest BCUT2D eigenvalue weighted by molar-refractivity contribution is 7.86. The summed E-state index contributed by atoms with van der Waals surface area (Å²) in [6.45, 7) is 12.3. The standard InChI is InChI=1S/C57H75N5O13S/c1-38(2)29-47(53(65)57(7,69)37-75-76(70,71)52-40(5)31-45(32-41(52)6)73-36-51(64)74-35-44-21-15-10-16-22-44)59-56(68)49(33-43-19-13-9-14-20-43)61-55(67)48(30-39(3)4)60-54(66)46(24-23-42-17-11-8-12-18-42)58-50(63)34-62-25-27-72-28-26-62/h8-22,31-32,38-39,46-49,69H,23-30,33-37H2,1-7H3,(H,58,63)(H,59,68)(H,60,66)(H,61,67)/t46-,47-,48-,49-,57+/m0/s1. The third-order valence-electron chi connectivity index (χ3n) is 12.6. The maximum atomic E-state index is 14.5. The minimum absolute atomic E-state index is 0.0204. The summed E-state index contributed by atoms with van der Waals surface area (Å²) in [4.78, 5) is 84.9. The minimum atomic E-state index is -4.62. The average molecular weight is 1070 g/mol. The second-order valence-electron chi connectivity index (χ2n) is 20.3. The molecule has 0 spiro atoms. The Bertz CT molecular complexity index is 2640. The largest absolute Gasteiger partial charge is 0.482 e. The van der Waals surface area contributed by atoms with Crippen LogP contribution in [0.1, 0.15) is 81.7 Å². The lowest BCUT2D eigenvalue weighted by atomic mass is 9.90. The number of amides is 4. The predicted octanol–water partition coefficient (Wildman–Crippen LogP) is 4.69. The van der Waals surface area contributed by atoms with E-state index in [4.69, 9.17) is 18.4 Å². The molecule has 1 heterocycles. The number of rotatable bonds is 29. The molecular formula is C57H75N5O13S. The lowest BCUT2D eigenvalue weighted by Crippen LogP contribution is -2.60. The number of benzene rings is 4. The lowest BCUT2D eigenvalue weighted by molar-refractivity contribution is -0.147. The highest BCUT2D eigenvalue weighted by Crippen LogP contribution is 2.29. The van der Waals surface area contributed by atoms with Gasteiger partial charge >= 0.3 is 5.97 Å². The van der Waals surface area contributed by atoms with E-state index in [0.717, 1.165) is 18.1 Å². The molecule has 1 fully saturated rings. The molecule has 5 atom stereocenters. The molecule has 76 heavy (non-hydrogen) atoms. The summed E-state index contributed by atoms with van der Waals surface area (Å²) in [7, 11) is -4.62. The van der Waals surface area contributed by atoms with Crippen LogP contribution in [-0.4, -0.2) is 130 Å². The number of esters is 1. The van der Waals surface area contributed by atoms with E-state index in [1.165, 1.54) is 26.0 Å². The summed E-state index contributed by atoms with van der Waals surface area (Å²) in [5, 5.41) is 23.0. The van der Waals surface area contributed by atoms with Crippen LogP contribution in [0.4, 0.5) is 0 Å². The molecule has 0 aromatic heterocycles. The molecule has 1 aliphatic rings. The Morgan fingerprint density at radius 2 is 1.18 bits per heavy atom. The summed E-state index contributed by atoms with van der Waals surface area (Å²) in [5.41, 5.74) is 0.384. The van der Waals surface area contributed by atoms with Crippen molar-refractivity contribution in [3.63, 3.8) is 0 Å². The van der Waals surface area contributed by atoms with Crippen molar-refractivity contribution in [1.82, 2.24) is 26.2 Å². The van der Waals surface area contributed by atoms with Crippen molar-refractivity contribution in [3.05, 3.63) is 131 Å². The van der Waals surface area contributed by atoms with Gasteiger partial charge < -0.3 is 40.6 Å². The molecular weight excluding hydrogens is 995 g/mol. The number of aliphatic hydroxyl groups is 1. The second kappa shape index (κ2) is 29.1. The first-order valence-corrected chi connectivity index (χ1v) is 27.2. The first-order chi connectivity index (χ1) is 36.1. The zero-order valence-corrected chi connectivity index (χ0v) is 45.5. The topological polar surface area (TPSA) is 245 Å². The monoisotopic (exact) mass is 1070 g/mol. The third kappa shape index (κ3) is 19.6. The normalized spacial score (nSPS) is 15.3. The van der Waals surface area contributed by atoms with Gasteiger partial charge in [0.15, 0.2) is 12.4 Å². The van der Waals surface area contributed by atoms with Crippen molar-refractivity contribution in [2.45, 2.75) is 122 Å². The zero-order chi connectivity index (χ0) is 55.4. The molecule has 4 aromatic carbocycles. The van der Waals surface area contributed by atoms with Crippen LogP contribution in [-0.2, 0) is 72.0 Å². The SMILES string of the molecule is Cc1cc(OCC(=O)OCc2ccccc2)cc(C)c1S(=O)(=O)OC[C@@](C)(O)C(=O)[C@H](CC(C)C)NC(=O)[C@H](Cc1ccccc1)NC(=O)[C@H](CC(C)C)NC(=O)[C@H](CCc1ccccc1)NC(=O)CN1CCOCC1. The molecule has 412 valence electrons. The molecule has 18 nitrogen and oxygen atoms in total. The van der Waals surface area contributed by atoms with E-state index in [2.05, 4.69) is 21.3 Å². The van der Waals surface area contributed by atoms with Gasteiger partial charge in [0.2, 0.25) is 23.6 Å². The fraction of sp³-hybridized carbons (Fsp3) is 0.474. The molecule has 5 rings (SSSR count). The molecule has 1 aliphatic heterocycles. The van der Waals surface area contributed by atoms with Crippen LogP contribution < -0.4 is 26.0 Å². The van der Waals surface area contributed by atoms with Crippen LogP contribution >= 0.6 is 0 Å². The summed E-state index contributed by atoms with van der Waals surface area (Å²) < 4.78 is 49.2. The second-order valence-corrected chi connectivity index (χ2v) is 21.9. The Hall–Kier alpha value is -6.51. The van der Waals surface area contributed by atoms with E-state index in [-0.39, 0.29) is 78.3 Å².